The predicted molar refractivity (Wildman–Crippen MR) is 72.7 cm³/mol. The van der Waals surface area contributed by atoms with Crippen LogP contribution < -0.4 is 15.4 Å². The Morgan fingerprint density at radius 2 is 2.06 bits per heavy atom. The number of benzene rings is 1. The van der Waals surface area contributed by atoms with Gasteiger partial charge in [-0.1, -0.05) is 25.1 Å². The summed E-state index contributed by atoms with van der Waals surface area (Å²) in [4.78, 5) is 0. The van der Waals surface area contributed by atoms with Crippen molar-refractivity contribution in [3.63, 3.8) is 0 Å². The van der Waals surface area contributed by atoms with E-state index in [1.807, 2.05) is 12.1 Å². The minimum atomic E-state index is 0.504. The number of likely N-dealkylation sites (N-methyl/N-ethyl adjacent to an activating group) is 1. The molecular weight excluding hydrogens is 212 g/mol. The third kappa shape index (κ3) is 5.20. The number of hydrogen-bond donors (Lipinski definition) is 2. The molecule has 0 saturated heterocycles. The van der Waals surface area contributed by atoms with Crippen LogP contribution in [0.15, 0.2) is 24.3 Å². The SMILES string of the molecule is CCNCC(C)NCCc1ccccc1OC. The zero-order valence-corrected chi connectivity index (χ0v) is 11.1. The Morgan fingerprint density at radius 1 is 1.29 bits per heavy atom. The Hall–Kier alpha value is -1.06. The van der Waals surface area contributed by atoms with Crippen molar-refractivity contribution in [3.05, 3.63) is 29.8 Å². The number of nitrogens with one attached hydrogen (secondary N) is 2. The van der Waals surface area contributed by atoms with Crippen LogP contribution in [0.1, 0.15) is 19.4 Å². The van der Waals surface area contributed by atoms with Gasteiger partial charge in [0.25, 0.3) is 0 Å². The molecule has 2 N–H and O–H groups in total. The van der Waals surface area contributed by atoms with Crippen LogP contribution in [-0.2, 0) is 6.42 Å². The van der Waals surface area contributed by atoms with Gasteiger partial charge in [-0.3, -0.25) is 0 Å². The Balaban J connectivity index is 2.30. The van der Waals surface area contributed by atoms with E-state index in [4.69, 9.17) is 4.74 Å². The van der Waals surface area contributed by atoms with Gasteiger partial charge in [0.1, 0.15) is 5.75 Å². The highest BCUT2D eigenvalue weighted by Crippen LogP contribution is 2.17. The lowest BCUT2D eigenvalue weighted by atomic mass is 10.1. The molecule has 1 aromatic rings. The summed E-state index contributed by atoms with van der Waals surface area (Å²) in [7, 11) is 1.72. The standard InChI is InChI=1S/C14H24N2O/c1-4-15-11-12(2)16-10-9-13-7-5-6-8-14(13)17-3/h5-8,12,15-16H,4,9-11H2,1-3H3. The van der Waals surface area contributed by atoms with Crippen LogP contribution in [-0.4, -0.2) is 32.8 Å². The number of rotatable bonds is 8. The Bertz CT molecular complexity index is 315. The summed E-state index contributed by atoms with van der Waals surface area (Å²) in [5.41, 5.74) is 1.26. The van der Waals surface area contributed by atoms with E-state index in [0.29, 0.717) is 6.04 Å². The van der Waals surface area contributed by atoms with E-state index < -0.39 is 0 Å². The molecule has 0 bridgehead atoms. The van der Waals surface area contributed by atoms with Crippen molar-refractivity contribution < 1.29 is 4.74 Å². The summed E-state index contributed by atoms with van der Waals surface area (Å²) in [5, 5.41) is 6.83. The average molecular weight is 236 g/mol. The van der Waals surface area contributed by atoms with E-state index in [1.54, 1.807) is 7.11 Å². The van der Waals surface area contributed by atoms with Crippen LogP contribution in [0.25, 0.3) is 0 Å². The molecule has 0 amide bonds. The molecule has 96 valence electrons. The van der Waals surface area contributed by atoms with Crippen LogP contribution in [0, 0.1) is 0 Å². The maximum atomic E-state index is 5.33. The molecular formula is C14H24N2O. The molecule has 0 fully saturated rings. The molecule has 0 saturated carbocycles. The van der Waals surface area contributed by atoms with Gasteiger partial charge in [-0.2, -0.15) is 0 Å². The third-order valence-electron chi connectivity index (χ3n) is 2.78. The third-order valence-corrected chi connectivity index (χ3v) is 2.78. The summed E-state index contributed by atoms with van der Waals surface area (Å²) < 4.78 is 5.33. The first-order valence-electron chi connectivity index (χ1n) is 6.34. The maximum Gasteiger partial charge on any atom is 0.122 e. The molecule has 0 radical (unpaired) electrons. The Kier molecular flexibility index (Phi) is 6.67. The van der Waals surface area contributed by atoms with Gasteiger partial charge in [0.05, 0.1) is 7.11 Å². The van der Waals surface area contributed by atoms with Gasteiger partial charge < -0.3 is 15.4 Å². The first-order valence-corrected chi connectivity index (χ1v) is 6.34. The van der Waals surface area contributed by atoms with E-state index in [0.717, 1.165) is 31.8 Å². The Labute approximate surface area is 105 Å². The van der Waals surface area contributed by atoms with Gasteiger partial charge in [0.2, 0.25) is 0 Å². The van der Waals surface area contributed by atoms with Crippen molar-refractivity contribution in [3.8, 4) is 5.75 Å². The Morgan fingerprint density at radius 3 is 2.76 bits per heavy atom. The molecule has 17 heavy (non-hydrogen) atoms. The van der Waals surface area contributed by atoms with Crippen LogP contribution in [0.3, 0.4) is 0 Å². The summed E-state index contributed by atoms with van der Waals surface area (Å²) >= 11 is 0. The van der Waals surface area contributed by atoms with Crippen molar-refractivity contribution in [2.45, 2.75) is 26.3 Å². The highest BCUT2D eigenvalue weighted by atomic mass is 16.5. The highest BCUT2D eigenvalue weighted by molar-refractivity contribution is 5.33. The second-order valence-electron chi connectivity index (χ2n) is 4.22. The van der Waals surface area contributed by atoms with E-state index >= 15 is 0 Å². The fraction of sp³-hybridized carbons (Fsp3) is 0.571. The molecule has 1 rings (SSSR count). The van der Waals surface area contributed by atoms with Gasteiger partial charge in [-0.15, -0.1) is 0 Å². The summed E-state index contributed by atoms with van der Waals surface area (Å²) in [6.07, 6.45) is 1.00. The molecule has 0 aliphatic heterocycles. The minimum absolute atomic E-state index is 0.504. The second kappa shape index (κ2) is 8.09. The highest BCUT2D eigenvalue weighted by Gasteiger charge is 2.03. The molecule has 0 aromatic heterocycles. The molecule has 1 atom stereocenters. The van der Waals surface area contributed by atoms with E-state index in [-0.39, 0.29) is 0 Å². The first kappa shape index (κ1) is 14.0. The number of ether oxygens (including phenoxy) is 1. The lowest BCUT2D eigenvalue weighted by Crippen LogP contribution is -2.37. The van der Waals surface area contributed by atoms with Crippen molar-refractivity contribution in [1.29, 1.82) is 0 Å². The molecule has 3 nitrogen and oxygen atoms in total. The smallest absolute Gasteiger partial charge is 0.122 e. The van der Waals surface area contributed by atoms with Crippen molar-refractivity contribution >= 4 is 0 Å². The number of methoxy groups -OCH3 is 1. The van der Waals surface area contributed by atoms with Crippen molar-refractivity contribution in [2.24, 2.45) is 0 Å². The van der Waals surface area contributed by atoms with E-state index in [2.05, 4.69) is 36.6 Å². The van der Waals surface area contributed by atoms with Crippen LogP contribution in [0.4, 0.5) is 0 Å². The molecule has 3 heteroatoms. The van der Waals surface area contributed by atoms with Gasteiger partial charge in [0, 0.05) is 12.6 Å². The van der Waals surface area contributed by atoms with Gasteiger partial charge in [0.15, 0.2) is 0 Å². The van der Waals surface area contributed by atoms with Crippen LogP contribution in [0.2, 0.25) is 0 Å². The number of hydrogen-bond acceptors (Lipinski definition) is 3. The molecule has 1 aromatic carbocycles. The molecule has 1 unspecified atom stereocenters. The monoisotopic (exact) mass is 236 g/mol. The fourth-order valence-electron chi connectivity index (χ4n) is 1.80. The summed E-state index contributed by atoms with van der Waals surface area (Å²) in [6, 6.07) is 8.70. The zero-order chi connectivity index (χ0) is 12.5. The van der Waals surface area contributed by atoms with Gasteiger partial charge in [-0.05, 0) is 38.1 Å². The number of para-hydroxylation sites is 1. The molecule has 0 heterocycles. The van der Waals surface area contributed by atoms with Crippen LogP contribution >= 0.6 is 0 Å². The topological polar surface area (TPSA) is 33.3 Å². The largest absolute Gasteiger partial charge is 0.496 e. The maximum absolute atomic E-state index is 5.33. The first-order chi connectivity index (χ1) is 8.27. The predicted octanol–water partition coefficient (Wildman–Crippen LogP) is 1.83. The zero-order valence-electron chi connectivity index (χ0n) is 11.1. The van der Waals surface area contributed by atoms with E-state index in [1.165, 1.54) is 5.56 Å². The molecule has 0 aliphatic carbocycles. The lowest BCUT2D eigenvalue weighted by molar-refractivity contribution is 0.408. The second-order valence-corrected chi connectivity index (χ2v) is 4.22. The minimum Gasteiger partial charge on any atom is -0.496 e. The van der Waals surface area contributed by atoms with Gasteiger partial charge in [-0.25, -0.2) is 0 Å². The van der Waals surface area contributed by atoms with E-state index in [9.17, 15) is 0 Å². The van der Waals surface area contributed by atoms with Crippen LogP contribution in [0.5, 0.6) is 5.75 Å². The van der Waals surface area contributed by atoms with Crippen molar-refractivity contribution in [1.82, 2.24) is 10.6 Å². The molecule has 0 spiro atoms. The van der Waals surface area contributed by atoms with Gasteiger partial charge >= 0.3 is 0 Å². The summed E-state index contributed by atoms with van der Waals surface area (Å²) in [6.45, 7) is 7.35. The quantitative estimate of drug-likeness (QED) is 0.722. The summed E-state index contributed by atoms with van der Waals surface area (Å²) in [5.74, 6) is 0.980. The van der Waals surface area contributed by atoms with Crippen molar-refractivity contribution in [2.75, 3.05) is 26.7 Å². The average Bonchev–Trinajstić information content (AvgIpc) is 2.37. The normalized spacial score (nSPS) is 12.4. The fourth-order valence-corrected chi connectivity index (χ4v) is 1.80. The molecule has 0 aliphatic rings. The lowest BCUT2D eigenvalue weighted by Gasteiger charge is -2.14.